The molecule has 0 spiro atoms. The normalized spacial score (nSPS) is 13.0. The van der Waals surface area contributed by atoms with Crippen molar-refractivity contribution in [1.29, 1.82) is 0 Å². The number of imidazole rings is 1. The number of aliphatic hydroxyl groups excluding tert-OH is 1. The summed E-state index contributed by atoms with van der Waals surface area (Å²) in [5.41, 5.74) is 1.16. The van der Waals surface area contributed by atoms with Gasteiger partial charge in [0.2, 0.25) is 0 Å². The summed E-state index contributed by atoms with van der Waals surface area (Å²) in [4.78, 5) is 8.19. The SMILES string of the molecule is Cc1cc(CC(O)c2ncc[nH]2)cs1. The summed E-state index contributed by atoms with van der Waals surface area (Å²) in [7, 11) is 0. The molecule has 2 heterocycles. The number of hydrogen-bond donors (Lipinski definition) is 2. The average molecular weight is 208 g/mol. The minimum Gasteiger partial charge on any atom is -0.385 e. The highest BCUT2D eigenvalue weighted by Crippen LogP contribution is 2.19. The van der Waals surface area contributed by atoms with Crippen LogP contribution in [0.15, 0.2) is 23.8 Å². The molecule has 0 aliphatic carbocycles. The maximum Gasteiger partial charge on any atom is 0.135 e. The Morgan fingerprint density at radius 3 is 3.07 bits per heavy atom. The van der Waals surface area contributed by atoms with E-state index in [2.05, 4.69) is 28.3 Å². The van der Waals surface area contributed by atoms with Gasteiger partial charge < -0.3 is 10.1 Å². The van der Waals surface area contributed by atoms with Gasteiger partial charge in [0.05, 0.1) is 0 Å². The number of aliphatic hydroxyl groups is 1. The molecular weight excluding hydrogens is 196 g/mol. The van der Waals surface area contributed by atoms with Crippen molar-refractivity contribution in [3.05, 3.63) is 40.1 Å². The fourth-order valence-corrected chi connectivity index (χ4v) is 2.11. The van der Waals surface area contributed by atoms with E-state index in [4.69, 9.17) is 0 Å². The van der Waals surface area contributed by atoms with Crippen LogP contribution in [0, 0.1) is 6.92 Å². The quantitative estimate of drug-likeness (QED) is 0.811. The van der Waals surface area contributed by atoms with Crippen molar-refractivity contribution in [2.24, 2.45) is 0 Å². The molecule has 4 heteroatoms. The summed E-state index contributed by atoms with van der Waals surface area (Å²) in [6.07, 6.45) is 3.46. The van der Waals surface area contributed by atoms with Gasteiger partial charge in [0.25, 0.3) is 0 Å². The lowest BCUT2D eigenvalue weighted by Gasteiger charge is -2.05. The molecule has 2 aromatic rings. The van der Waals surface area contributed by atoms with Gasteiger partial charge in [0.1, 0.15) is 11.9 Å². The molecular formula is C10H12N2OS. The molecule has 14 heavy (non-hydrogen) atoms. The Bertz CT molecular complexity index is 394. The van der Waals surface area contributed by atoms with Crippen molar-refractivity contribution in [3.8, 4) is 0 Å². The van der Waals surface area contributed by atoms with Gasteiger partial charge in [-0.15, -0.1) is 11.3 Å². The first-order chi connectivity index (χ1) is 6.75. The maximum absolute atomic E-state index is 9.78. The van der Waals surface area contributed by atoms with Crippen LogP contribution in [0.2, 0.25) is 0 Å². The number of rotatable bonds is 3. The number of aryl methyl sites for hydroxylation is 1. The molecule has 1 unspecified atom stereocenters. The Kier molecular flexibility index (Phi) is 2.65. The summed E-state index contributed by atoms with van der Waals surface area (Å²) in [6, 6.07) is 2.09. The Hall–Kier alpha value is -1.13. The molecule has 0 bridgehead atoms. The minimum atomic E-state index is -0.529. The number of nitrogens with one attached hydrogen (secondary N) is 1. The summed E-state index contributed by atoms with van der Waals surface area (Å²) in [5, 5.41) is 11.9. The molecule has 0 saturated heterocycles. The predicted molar refractivity (Wildman–Crippen MR) is 56.3 cm³/mol. The molecule has 0 saturated carbocycles. The third-order valence-corrected chi connectivity index (χ3v) is 2.96. The topological polar surface area (TPSA) is 48.9 Å². The summed E-state index contributed by atoms with van der Waals surface area (Å²) >= 11 is 1.70. The third kappa shape index (κ3) is 2.02. The van der Waals surface area contributed by atoms with Crippen LogP contribution in [-0.4, -0.2) is 15.1 Å². The zero-order valence-corrected chi connectivity index (χ0v) is 8.71. The van der Waals surface area contributed by atoms with Crippen LogP contribution < -0.4 is 0 Å². The fourth-order valence-electron chi connectivity index (χ4n) is 1.38. The van der Waals surface area contributed by atoms with Gasteiger partial charge >= 0.3 is 0 Å². The molecule has 0 amide bonds. The Morgan fingerprint density at radius 1 is 1.64 bits per heavy atom. The van der Waals surface area contributed by atoms with E-state index in [0.717, 1.165) is 5.56 Å². The Balaban J connectivity index is 2.05. The molecule has 2 N–H and O–H groups in total. The number of nitrogens with zero attached hydrogens (tertiary/aromatic N) is 1. The van der Waals surface area contributed by atoms with E-state index in [0.29, 0.717) is 12.2 Å². The van der Waals surface area contributed by atoms with Crippen molar-refractivity contribution in [1.82, 2.24) is 9.97 Å². The highest BCUT2D eigenvalue weighted by Gasteiger charge is 2.11. The van der Waals surface area contributed by atoms with E-state index in [1.807, 2.05) is 0 Å². The molecule has 0 aliphatic heterocycles. The number of aromatic amines is 1. The van der Waals surface area contributed by atoms with Gasteiger partial charge in [0.15, 0.2) is 0 Å². The zero-order valence-electron chi connectivity index (χ0n) is 7.90. The second-order valence-corrected chi connectivity index (χ2v) is 4.38. The lowest BCUT2D eigenvalue weighted by molar-refractivity contribution is 0.169. The number of aromatic nitrogens is 2. The number of hydrogen-bond acceptors (Lipinski definition) is 3. The smallest absolute Gasteiger partial charge is 0.135 e. The van der Waals surface area contributed by atoms with E-state index in [1.54, 1.807) is 23.7 Å². The van der Waals surface area contributed by atoms with E-state index in [-0.39, 0.29) is 0 Å². The largest absolute Gasteiger partial charge is 0.385 e. The van der Waals surface area contributed by atoms with Crippen molar-refractivity contribution in [2.45, 2.75) is 19.4 Å². The standard InChI is InChI=1S/C10H12N2OS/c1-7-4-8(6-14-7)5-9(13)10-11-2-3-12-10/h2-4,6,9,13H,5H2,1H3,(H,11,12). The van der Waals surface area contributed by atoms with E-state index in [9.17, 15) is 5.11 Å². The summed E-state index contributed by atoms with van der Waals surface area (Å²) in [5.74, 6) is 0.633. The van der Waals surface area contributed by atoms with Crippen molar-refractivity contribution in [3.63, 3.8) is 0 Å². The Labute approximate surface area is 86.4 Å². The van der Waals surface area contributed by atoms with Crippen LogP contribution >= 0.6 is 11.3 Å². The second-order valence-electron chi connectivity index (χ2n) is 3.26. The molecule has 2 rings (SSSR count). The summed E-state index contributed by atoms with van der Waals surface area (Å²) < 4.78 is 0. The van der Waals surface area contributed by atoms with Crippen LogP contribution in [0.5, 0.6) is 0 Å². The van der Waals surface area contributed by atoms with Crippen LogP contribution in [0.25, 0.3) is 0 Å². The molecule has 0 aromatic carbocycles. The number of thiophene rings is 1. The highest BCUT2D eigenvalue weighted by molar-refractivity contribution is 7.10. The van der Waals surface area contributed by atoms with Crippen LogP contribution in [-0.2, 0) is 6.42 Å². The maximum atomic E-state index is 9.78. The highest BCUT2D eigenvalue weighted by atomic mass is 32.1. The molecule has 0 radical (unpaired) electrons. The molecule has 1 atom stereocenters. The van der Waals surface area contributed by atoms with Crippen molar-refractivity contribution >= 4 is 11.3 Å². The average Bonchev–Trinajstić information content (AvgIpc) is 2.75. The molecule has 3 nitrogen and oxygen atoms in total. The van der Waals surface area contributed by atoms with Gasteiger partial charge in [-0.1, -0.05) is 0 Å². The van der Waals surface area contributed by atoms with Crippen LogP contribution in [0.1, 0.15) is 22.4 Å². The Morgan fingerprint density at radius 2 is 2.50 bits per heavy atom. The van der Waals surface area contributed by atoms with Crippen LogP contribution in [0.4, 0.5) is 0 Å². The molecule has 74 valence electrons. The molecule has 0 fully saturated rings. The molecule has 2 aromatic heterocycles. The van der Waals surface area contributed by atoms with Crippen LogP contribution in [0.3, 0.4) is 0 Å². The first-order valence-corrected chi connectivity index (χ1v) is 5.35. The van der Waals surface area contributed by atoms with E-state index < -0.39 is 6.10 Å². The van der Waals surface area contributed by atoms with Gasteiger partial charge in [-0.3, -0.25) is 0 Å². The first kappa shape index (κ1) is 9.43. The fraction of sp³-hybridized carbons (Fsp3) is 0.300. The van der Waals surface area contributed by atoms with Gasteiger partial charge in [0, 0.05) is 23.7 Å². The van der Waals surface area contributed by atoms with Gasteiger partial charge in [-0.25, -0.2) is 4.98 Å². The van der Waals surface area contributed by atoms with E-state index in [1.165, 1.54) is 4.88 Å². The third-order valence-electron chi connectivity index (χ3n) is 2.05. The van der Waals surface area contributed by atoms with Gasteiger partial charge in [-0.05, 0) is 23.9 Å². The van der Waals surface area contributed by atoms with E-state index >= 15 is 0 Å². The second kappa shape index (κ2) is 3.94. The first-order valence-electron chi connectivity index (χ1n) is 4.47. The van der Waals surface area contributed by atoms with Gasteiger partial charge in [-0.2, -0.15) is 0 Å². The zero-order chi connectivity index (χ0) is 9.97. The lowest BCUT2D eigenvalue weighted by atomic mass is 10.1. The summed E-state index contributed by atoms with van der Waals surface area (Å²) in [6.45, 7) is 2.06. The molecule has 0 aliphatic rings. The number of H-pyrrole nitrogens is 1. The van der Waals surface area contributed by atoms with Crippen molar-refractivity contribution in [2.75, 3.05) is 0 Å². The predicted octanol–water partition coefficient (Wildman–Crippen LogP) is 2.06. The monoisotopic (exact) mass is 208 g/mol. The minimum absolute atomic E-state index is 0.529. The van der Waals surface area contributed by atoms with Crippen molar-refractivity contribution < 1.29 is 5.11 Å². The lowest BCUT2D eigenvalue weighted by Crippen LogP contribution is -2.02.